The zero-order chi connectivity index (χ0) is 12.1. The molecule has 1 aliphatic heterocycles. The lowest BCUT2D eigenvalue weighted by atomic mass is 10.1. The van der Waals surface area contributed by atoms with E-state index < -0.39 is 0 Å². The summed E-state index contributed by atoms with van der Waals surface area (Å²) in [5.74, 6) is -0.357. The Morgan fingerprint density at radius 3 is 2.94 bits per heavy atom. The van der Waals surface area contributed by atoms with Gasteiger partial charge in [-0.05, 0) is 37.2 Å². The van der Waals surface area contributed by atoms with Crippen LogP contribution in [0.15, 0.2) is 24.3 Å². The van der Waals surface area contributed by atoms with Gasteiger partial charge in [-0.2, -0.15) is 0 Å². The maximum atomic E-state index is 11.1. The molecule has 0 unspecified atom stereocenters. The predicted molar refractivity (Wildman–Crippen MR) is 75.0 cm³/mol. The molecule has 1 saturated heterocycles. The summed E-state index contributed by atoms with van der Waals surface area (Å²) in [5, 5.41) is 3.38. The minimum atomic E-state index is -0.357. The molecule has 100 valence electrons. The highest BCUT2D eigenvalue weighted by atomic mass is 35.5. The van der Waals surface area contributed by atoms with E-state index in [0.29, 0.717) is 5.56 Å². The van der Waals surface area contributed by atoms with Crippen molar-refractivity contribution in [3.05, 3.63) is 35.4 Å². The van der Waals surface area contributed by atoms with E-state index in [4.69, 9.17) is 5.73 Å². The normalized spacial score (nSPS) is 16.7. The van der Waals surface area contributed by atoms with E-state index in [-0.39, 0.29) is 18.3 Å². The summed E-state index contributed by atoms with van der Waals surface area (Å²) in [7, 11) is 0. The molecule has 1 fully saturated rings. The van der Waals surface area contributed by atoms with Crippen LogP contribution in [0.2, 0.25) is 0 Å². The van der Waals surface area contributed by atoms with E-state index in [2.05, 4.69) is 10.2 Å². The van der Waals surface area contributed by atoms with E-state index in [1.807, 2.05) is 18.2 Å². The van der Waals surface area contributed by atoms with E-state index >= 15 is 0 Å². The molecule has 0 spiro atoms. The first-order valence-electron chi connectivity index (χ1n) is 6.07. The summed E-state index contributed by atoms with van der Waals surface area (Å²) in [5.41, 5.74) is 7.03. The van der Waals surface area contributed by atoms with Crippen molar-refractivity contribution in [3.8, 4) is 0 Å². The summed E-state index contributed by atoms with van der Waals surface area (Å²) >= 11 is 0. The average Bonchev–Trinajstić information content (AvgIpc) is 2.58. The lowest BCUT2D eigenvalue weighted by Crippen LogP contribution is -2.27. The zero-order valence-corrected chi connectivity index (χ0v) is 11.2. The number of primary amides is 1. The van der Waals surface area contributed by atoms with Gasteiger partial charge in [0.2, 0.25) is 5.91 Å². The molecule has 18 heavy (non-hydrogen) atoms. The van der Waals surface area contributed by atoms with Crippen molar-refractivity contribution in [1.29, 1.82) is 0 Å². The van der Waals surface area contributed by atoms with Crippen LogP contribution in [0.4, 0.5) is 0 Å². The Morgan fingerprint density at radius 1 is 1.33 bits per heavy atom. The molecule has 1 amide bonds. The Kier molecular flexibility index (Phi) is 6.12. The van der Waals surface area contributed by atoms with Gasteiger partial charge in [0.15, 0.2) is 0 Å². The van der Waals surface area contributed by atoms with Crippen LogP contribution in [0.25, 0.3) is 0 Å². The Labute approximate surface area is 114 Å². The van der Waals surface area contributed by atoms with Crippen LogP contribution in [0.3, 0.4) is 0 Å². The van der Waals surface area contributed by atoms with Gasteiger partial charge in [-0.1, -0.05) is 12.1 Å². The molecule has 1 aromatic carbocycles. The van der Waals surface area contributed by atoms with Gasteiger partial charge in [0.05, 0.1) is 0 Å². The van der Waals surface area contributed by atoms with Crippen LogP contribution in [0.1, 0.15) is 22.3 Å². The number of amides is 1. The van der Waals surface area contributed by atoms with Crippen LogP contribution in [0, 0.1) is 0 Å². The van der Waals surface area contributed by atoms with Crippen molar-refractivity contribution in [2.24, 2.45) is 5.73 Å². The third-order valence-electron chi connectivity index (χ3n) is 3.05. The average molecular weight is 270 g/mol. The van der Waals surface area contributed by atoms with Crippen LogP contribution in [0.5, 0.6) is 0 Å². The van der Waals surface area contributed by atoms with E-state index in [0.717, 1.165) is 38.3 Å². The number of nitrogens with two attached hydrogens (primary N) is 1. The lowest BCUT2D eigenvalue weighted by molar-refractivity contribution is 0.1000. The highest BCUT2D eigenvalue weighted by Gasteiger charge is 2.09. The molecule has 5 heteroatoms. The van der Waals surface area contributed by atoms with Crippen molar-refractivity contribution in [1.82, 2.24) is 10.2 Å². The van der Waals surface area contributed by atoms with Gasteiger partial charge in [0.1, 0.15) is 0 Å². The minimum Gasteiger partial charge on any atom is -0.366 e. The summed E-state index contributed by atoms with van der Waals surface area (Å²) in [6.07, 6.45) is 1.18. The monoisotopic (exact) mass is 269 g/mol. The molecule has 0 aromatic heterocycles. The van der Waals surface area contributed by atoms with E-state index in [1.54, 1.807) is 6.07 Å². The van der Waals surface area contributed by atoms with Crippen LogP contribution in [-0.2, 0) is 6.54 Å². The molecule has 2 rings (SSSR count). The molecule has 1 aromatic rings. The number of carbonyl (C=O) groups excluding carboxylic acids is 1. The molecule has 0 bridgehead atoms. The van der Waals surface area contributed by atoms with Crippen molar-refractivity contribution >= 4 is 18.3 Å². The number of rotatable bonds is 3. The second-order valence-corrected chi connectivity index (χ2v) is 4.44. The molecule has 1 aliphatic rings. The quantitative estimate of drug-likeness (QED) is 0.861. The lowest BCUT2D eigenvalue weighted by Gasteiger charge is -2.19. The van der Waals surface area contributed by atoms with Crippen molar-refractivity contribution < 1.29 is 4.79 Å². The predicted octanol–water partition coefficient (Wildman–Crippen LogP) is 1.00. The smallest absolute Gasteiger partial charge is 0.248 e. The molecular weight excluding hydrogens is 250 g/mol. The largest absolute Gasteiger partial charge is 0.366 e. The molecule has 4 nitrogen and oxygen atoms in total. The van der Waals surface area contributed by atoms with Crippen LogP contribution >= 0.6 is 12.4 Å². The van der Waals surface area contributed by atoms with Gasteiger partial charge in [-0.3, -0.25) is 9.69 Å². The topological polar surface area (TPSA) is 58.4 Å². The van der Waals surface area contributed by atoms with Gasteiger partial charge in [0.25, 0.3) is 0 Å². The fourth-order valence-electron chi connectivity index (χ4n) is 2.14. The first-order valence-corrected chi connectivity index (χ1v) is 6.07. The second kappa shape index (κ2) is 7.36. The number of carbonyl (C=O) groups is 1. The van der Waals surface area contributed by atoms with Crippen LogP contribution < -0.4 is 11.1 Å². The first-order chi connectivity index (χ1) is 8.25. The van der Waals surface area contributed by atoms with Crippen LogP contribution in [-0.4, -0.2) is 37.0 Å². The maximum Gasteiger partial charge on any atom is 0.248 e. The molecule has 0 aliphatic carbocycles. The van der Waals surface area contributed by atoms with Gasteiger partial charge in [-0.15, -0.1) is 12.4 Å². The van der Waals surface area contributed by atoms with Crippen molar-refractivity contribution in [2.45, 2.75) is 13.0 Å². The SMILES string of the molecule is Cl.NC(=O)c1cccc(CN2CCCNCC2)c1. The number of benzene rings is 1. The fourth-order valence-corrected chi connectivity index (χ4v) is 2.14. The fraction of sp³-hybridized carbons (Fsp3) is 0.462. The third-order valence-corrected chi connectivity index (χ3v) is 3.05. The number of nitrogens with zero attached hydrogens (tertiary/aromatic N) is 1. The molecule has 3 N–H and O–H groups in total. The maximum absolute atomic E-state index is 11.1. The summed E-state index contributed by atoms with van der Waals surface area (Å²) in [4.78, 5) is 13.5. The second-order valence-electron chi connectivity index (χ2n) is 4.44. The summed E-state index contributed by atoms with van der Waals surface area (Å²) < 4.78 is 0. The zero-order valence-electron chi connectivity index (χ0n) is 10.4. The third kappa shape index (κ3) is 4.29. The number of hydrogen-bond acceptors (Lipinski definition) is 3. The Hall–Kier alpha value is -1.10. The van der Waals surface area contributed by atoms with E-state index in [1.165, 1.54) is 6.42 Å². The highest BCUT2D eigenvalue weighted by molar-refractivity contribution is 5.92. The Bertz CT molecular complexity index is 390. The number of halogens is 1. The Balaban J connectivity index is 0.00000162. The minimum absolute atomic E-state index is 0. The van der Waals surface area contributed by atoms with Gasteiger partial charge >= 0.3 is 0 Å². The van der Waals surface area contributed by atoms with Gasteiger partial charge < -0.3 is 11.1 Å². The summed E-state index contributed by atoms with van der Waals surface area (Å²) in [6.45, 7) is 5.19. The number of hydrogen-bond donors (Lipinski definition) is 2. The van der Waals surface area contributed by atoms with Gasteiger partial charge in [-0.25, -0.2) is 0 Å². The molecule has 0 radical (unpaired) electrons. The molecule has 0 atom stereocenters. The van der Waals surface area contributed by atoms with E-state index in [9.17, 15) is 4.79 Å². The highest BCUT2D eigenvalue weighted by Crippen LogP contribution is 2.09. The van der Waals surface area contributed by atoms with Gasteiger partial charge in [0, 0.05) is 25.2 Å². The molecule has 1 heterocycles. The van der Waals surface area contributed by atoms with Crippen molar-refractivity contribution in [2.75, 3.05) is 26.2 Å². The van der Waals surface area contributed by atoms with Crippen molar-refractivity contribution in [3.63, 3.8) is 0 Å². The number of nitrogens with one attached hydrogen (secondary N) is 1. The molecular formula is C13H20ClN3O. The summed E-state index contributed by atoms with van der Waals surface area (Å²) in [6, 6.07) is 7.59. The first kappa shape index (κ1) is 15.0. The standard InChI is InChI=1S/C13H19N3O.ClH/c14-13(17)12-4-1-3-11(9-12)10-16-7-2-5-15-6-8-16;/h1,3-4,9,15H,2,5-8,10H2,(H2,14,17);1H. The Morgan fingerprint density at radius 2 is 2.17 bits per heavy atom. The molecule has 0 saturated carbocycles.